The van der Waals surface area contributed by atoms with E-state index in [1.807, 2.05) is 30.3 Å². The van der Waals surface area contributed by atoms with Crippen LogP contribution in [0.25, 0.3) is 0 Å². The highest BCUT2D eigenvalue weighted by Crippen LogP contribution is 2.37. The number of nitrogens with zero attached hydrogens (tertiary/aromatic N) is 3. The molecule has 9 heteroatoms. The fourth-order valence-corrected chi connectivity index (χ4v) is 6.98. The molecule has 0 saturated carbocycles. The molecule has 1 N–H and O–H groups in total. The molecule has 1 aliphatic heterocycles. The third kappa shape index (κ3) is 5.37. The number of carbonyl (C=O) groups is 1. The summed E-state index contributed by atoms with van der Waals surface area (Å²) in [5.74, 6) is -0.369. The van der Waals surface area contributed by atoms with Crippen LogP contribution in [0.1, 0.15) is 52.7 Å². The van der Waals surface area contributed by atoms with E-state index in [-0.39, 0.29) is 17.3 Å². The molecule has 0 radical (unpaired) electrons. The second-order valence-electron chi connectivity index (χ2n) is 9.03. The number of sulfonamides is 1. The van der Waals surface area contributed by atoms with E-state index in [1.165, 1.54) is 39.9 Å². The summed E-state index contributed by atoms with van der Waals surface area (Å²) in [5, 5.41) is 13.2. The molecule has 1 aromatic heterocycles. The molecule has 0 atom stereocenters. The molecule has 1 aliphatic rings. The first-order valence-corrected chi connectivity index (χ1v) is 14.2. The lowest BCUT2D eigenvalue weighted by atomic mass is 10.0. The monoisotopic (exact) mass is 522 g/mol. The normalized spacial score (nSPS) is 14.0. The summed E-state index contributed by atoms with van der Waals surface area (Å²) >= 11 is 1.45. The van der Waals surface area contributed by atoms with E-state index in [1.54, 1.807) is 6.92 Å². The topological polar surface area (TPSA) is 93.5 Å². The van der Waals surface area contributed by atoms with Crippen LogP contribution in [-0.4, -0.2) is 42.7 Å². The van der Waals surface area contributed by atoms with Gasteiger partial charge in [0.15, 0.2) is 0 Å². The minimum atomic E-state index is -3.72. The van der Waals surface area contributed by atoms with Crippen molar-refractivity contribution in [2.24, 2.45) is 0 Å². The molecule has 0 spiro atoms. The van der Waals surface area contributed by atoms with Gasteiger partial charge in [0.1, 0.15) is 11.1 Å². The molecular formula is C27H30N4O3S2. The summed E-state index contributed by atoms with van der Waals surface area (Å²) in [6, 6.07) is 18.1. The van der Waals surface area contributed by atoms with Crippen LogP contribution < -0.4 is 5.32 Å². The summed E-state index contributed by atoms with van der Waals surface area (Å²) in [5.41, 5.74) is 2.79. The quantitative estimate of drug-likeness (QED) is 0.457. The van der Waals surface area contributed by atoms with Crippen molar-refractivity contribution < 1.29 is 13.2 Å². The molecular weight excluding hydrogens is 492 g/mol. The summed E-state index contributed by atoms with van der Waals surface area (Å²) in [6.07, 6.45) is 0.784. The molecule has 0 aliphatic carbocycles. The Bertz CT molecular complexity index is 1370. The first-order valence-electron chi connectivity index (χ1n) is 12.0. The number of amides is 1. The lowest BCUT2D eigenvalue weighted by Gasteiger charge is -2.30. The SMILES string of the molecule is CCN(Cc1ccccc1)S(=O)(=O)c1ccc(C(=O)Nc2sc3c(c2C#N)CCN(C(C)C)C3)cc1. The Labute approximate surface area is 217 Å². The molecule has 7 nitrogen and oxygen atoms in total. The molecule has 4 rings (SSSR count). The molecule has 1 amide bonds. The van der Waals surface area contributed by atoms with Crippen LogP contribution in [-0.2, 0) is 29.5 Å². The first kappa shape index (κ1) is 26.0. The highest BCUT2D eigenvalue weighted by atomic mass is 32.2. The minimum absolute atomic E-state index is 0.134. The van der Waals surface area contributed by atoms with Gasteiger partial charge in [-0.3, -0.25) is 9.69 Å². The molecule has 3 aromatic rings. The Morgan fingerprint density at radius 2 is 1.86 bits per heavy atom. The number of carbonyl (C=O) groups excluding carboxylic acids is 1. The van der Waals surface area contributed by atoms with Crippen LogP contribution in [0.3, 0.4) is 0 Å². The van der Waals surface area contributed by atoms with Crippen LogP contribution in [0, 0.1) is 11.3 Å². The second kappa shape index (κ2) is 10.9. The average Bonchev–Trinajstić information content (AvgIpc) is 3.23. The number of thiophene rings is 1. The van der Waals surface area contributed by atoms with E-state index in [2.05, 4.69) is 30.1 Å². The van der Waals surface area contributed by atoms with Crippen molar-refractivity contribution >= 4 is 32.3 Å². The first-order chi connectivity index (χ1) is 17.2. The number of rotatable bonds is 8. The summed E-state index contributed by atoms with van der Waals surface area (Å²) in [4.78, 5) is 16.6. The predicted octanol–water partition coefficient (Wildman–Crippen LogP) is 4.85. The van der Waals surface area contributed by atoms with Crippen molar-refractivity contribution in [3.05, 3.63) is 81.7 Å². The predicted molar refractivity (Wildman–Crippen MR) is 142 cm³/mol. The van der Waals surface area contributed by atoms with Crippen LogP contribution in [0.15, 0.2) is 59.5 Å². The van der Waals surface area contributed by atoms with E-state index >= 15 is 0 Å². The number of anilines is 1. The Balaban J connectivity index is 1.50. The lowest BCUT2D eigenvalue weighted by Crippen LogP contribution is -2.35. The van der Waals surface area contributed by atoms with Gasteiger partial charge < -0.3 is 5.32 Å². The van der Waals surface area contributed by atoms with Gasteiger partial charge in [0.2, 0.25) is 10.0 Å². The van der Waals surface area contributed by atoms with E-state index in [0.29, 0.717) is 28.7 Å². The van der Waals surface area contributed by atoms with Crippen LogP contribution >= 0.6 is 11.3 Å². The summed E-state index contributed by atoms with van der Waals surface area (Å²) < 4.78 is 27.8. The maximum atomic E-state index is 13.2. The third-order valence-corrected chi connectivity index (χ3v) is 9.53. The van der Waals surface area contributed by atoms with E-state index in [0.717, 1.165) is 35.5 Å². The van der Waals surface area contributed by atoms with Crippen molar-refractivity contribution in [1.29, 1.82) is 5.26 Å². The Kier molecular flexibility index (Phi) is 7.91. The van der Waals surface area contributed by atoms with Gasteiger partial charge in [-0.05, 0) is 55.7 Å². The van der Waals surface area contributed by atoms with E-state index in [4.69, 9.17) is 0 Å². The zero-order valence-electron chi connectivity index (χ0n) is 20.7. The number of hydrogen-bond acceptors (Lipinski definition) is 6. The molecule has 0 bridgehead atoms. The fourth-order valence-electron chi connectivity index (χ4n) is 4.33. The average molecular weight is 523 g/mol. The van der Waals surface area contributed by atoms with Crippen molar-refractivity contribution in [1.82, 2.24) is 9.21 Å². The summed E-state index contributed by atoms with van der Waals surface area (Å²) in [7, 11) is -3.72. The zero-order chi connectivity index (χ0) is 25.9. The molecule has 0 saturated heterocycles. The highest BCUT2D eigenvalue weighted by Gasteiger charge is 2.27. The van der Waals surface area contributed by atoms with Gasteiger partial charge in [-0.1, -0.05) is 37.3 Å². The number of benzene rings is 2. The smallest absolute Gasteiger partial charge is 0.256 e. The van der Waals surface area contributed by atoms with E-state index < -0.39 is 10.0 Å². The Hall–Kier alpha value is -3.03. The Morgan fingerprint density at radius 1 is 1.17 bits per heavy atom. The fraction of sp³-hybridized carbons (Fsp3) is 0.333. The van der Waals surface area contributed by atoms with E-state index in [9.17, 15) is 18.5 Å². The van der Waals surface area contributed by atoms with Gasteiger partial charge in [-0.2, -0.15) is 9.57 Å². The maximum Gasteiger partial charge on any atom is 0.256 e. The number of hydrogen-bond donors (Lipinski definition) is 1. The van der Waals surface area contributed by atoms with Gasteiger partial charge >= 0.3 is 0 Å². The van der Waals surface area contributed by atoms with Gasteiger partial charge in [-0.25, -0.2) is 8.42 Å². The largest absolute Gasteiger partial charge is 0.312 e. The maximum absolute atomic E-state index is 13.2. The van der Waals surface area contributed by atoms with Gasteiger partial charge in [-0.15, -0.1) is 11.3 Å². The molecule has 2 aromatic carbocycles. The number of nitrogens with one attached hydrogen (secondary N) is 1. The molecule has 36 heavy (non-hydrogen) atoms. The van der Waals surface area contributed by atoms with Crippen molar-refractivity contribution in [2.75, 3.05) is 18.4 Å². The minimum Gasteiger partial charge on any atom is -0.312 e. The number of fused-ring (bicyclic) bond motifs is 1. The molecule has 188 valence electrons. The highest BCUT2D eigenvalue weighted by molar-refractivity contribution is 7.89. The lowest BCUT2D eigenvalue weighted by molar-refractivity contribution is 0.102. The molecule has 0 unspecified atom stereocenters. The summed E-state index contributed by atoms with van der Waals surface area (Å²) in [6.45, 7) is 8.36. The van der Waals surface area contributed by atoms with Gasteiger partial charge in [0.25, 0.3) is 5.91 Å². The zero-order valence-corrected chi connectivity index (χ0v) is 22.3. The van der Waals surface area contributed by atoms with Gasteiger partial charge in [0, 0.05) is 42.7 Å². The van der Waals surface area contributed by atoms with Crippen molar-refractivity contribution in [3.8, 4) is 6.07 Å². The van der Waals surface area contributed by atoms with Crippen LogP contribution in [0.4, 0.5) is 5.00 Å². The number of nitriles is 1. The molecule has 0 fully saturated rings. The third-order valence-electron chi connectivity index (χ3n) is 6.46. The molecule has 2 heterocycles. The second-order valence-corrected chi connectivity index (χ2v) is 12.1. The Morgan fingerprint density at radius 3 is 2.47 bits per heavy atom. The van der Waals surface area contributed by atoms with Crippen LogP contribution in [0.5, 0.6) is 0 Å². The van der Waals surface area contributed by atoms with Crippen LogP contribution in [0.2, 0.25) is 0 Å². The van der Waals surface area contributed by atoms with Crippen molar-refractivity contribution in [2.45, 2.75) is 51.2 Å². The van der Waals surface area contributed by atoms with Gasteiger partial charge in [0.05, 0.1) is 10.5 Å². The van der Waals surface area contributed by atoms with Crippen molar-refractivity contribution in [3.63, 3.8) is 0 Å². The standard InChI is InChI=1S/C27H30N4O3S2/c1-4-31(17-20-8-6-5-7-9-20)36(33,34)22-12-10-21(11-13-22)26(32)29-27-24(16-28)23-14-15-30(19(2)3)18-25(23)35-27/h5-13,19H,4,14-15,17-18H2,1-3H3,(H,29,32).